The molecule has 1 atom stereocenters. The largest absolute Gasteiger partial charge is 0.494 e. The summed E-state index contributed by atoms with van der Waals surface area (Å²) < 4.78 is 19.3. The molecule has 8 rings (SSSR count). The number of hydrogen-bond acceptors (Lipinski definition) is 13. The summed E-state index contributed by atoms with van der Waals surface area (Å²) in [5.41, 5.74) is 3.90. The van der Waals surface area contributed by atoms with Gasteiger partial charge in [-0.25, -0.2) is 4.98 Å². The number of piperazine rings is 1. The lowest BCUT2D eigenvalue weighted by Crippen LogP contribution is -2.54. The van der Waals surface area contributed by atoms with Gasteiger partial charge < -0.3 is 24.8 Å². The summed E-state index contributed by atoms with van der Waals surface area (Å²) >= 11 is 10.1. The number of anilines is 5. The van der Waals surface area contributed by atoms with Gasteiger partial charge in [-0.05, 0) is 84.4 Å². The summed E-state index contributed by atoms with van der Waals surface area (Å²) in [5.74, 6) is -0.677. The Morgan fingerprint density at radius 1 is 0.917 bits per heavy atom. The van der Waals surface area contributed by atoms with Crippen molar-refractivity contribution in [3.05, 3.63) is 87.0 Å². The number of hydrogen-bond donors (Lipinski definition) is 3. The Morgan fingerprint density at radius 3 is 2.38 bits per heavy atom. The van der Waals surface area contributed by atoms with Crippen molar-refractivity contribution in [2.45, 2.75) is 44.3 Å². The fourth-order valence-corrected chi connectivity index (χ4v) is 10.4. The van der Waals surface area contributed by atoms with Gasteiger partial charge in [0.15, 0.2) is 5.82 Å². The highest BCUT2D eigenvalue weighted by Gasteiger charge is 2.46. The molecule has 314 valence electrons. The number of halogens is 2. The quantitative estimate of drug-likeness (QED) is 0.122. The minimum absolute atomic E-state index is 0.0783. The first-order valence-electron chi connectivity index (χ1n) is 19.9. The summed E-state index contributed by atoms with van der Waals surface area (Å²) in [5, 5.41) is 9.79. The minimum atomic E-state index is -2.56. The van der Waals surface area contributed by atoms with Crippen LogP contribution in [-0.2, 0) is 20.7 Å². The molecule has 15 nitrogen and oxygen atoms in total. The number of amides is 4. The van der Waals surface area contributed by atoms with Crippen molar-refractivity contribution in [1.82, 2.24) is 30.0 Å². The van der Waals surface area contributed by atoms with E-state index in [-0.39, 0.29) is 24.0 Å². The van der Waals surface area contributed by atoms with Crippen LogP contribution in [0.25, 0.3) is 0 Å². The van der Waals surface area contributed by atoms with Crippen molar-refractivity contribution >= 4 is 92.4 Å². The zero-order valence-corrected chi connectivity index (χ0v) is 36.8. The Morgan fingerprint density at radius 2 is 1.67 bits per heavy atom. The van der Waals surface area contributed by atoms with Crippen molar-refractivity contribution in [2.75, 3.05) is 75.2 Å². The molecular formula is C42H46BrClN9O6P. The highest BCUT2D eigenvalue weighted by Crippen LogP contribution is 2.40. The van der Waals surface area contributed by atoms with Gasteiger partial charge in [0.05, 0.1) is 35.8 Å². The fourth-order valence-electron chi connectivity index (χ4n) is 8.49. The van der Waals surface area contributed by atoms with E-state index >= 15 is 0 Å². The number of benzene rings is 3. The smallest absolute Gasteiger partial charge is 0.263 e. The van der Waals surface area contributed by atoms with E-state index in [0.717, 1.165) is 68.3 Å². The average Bonchev–Trinajstić information content (AvgIpc) is 3.49. The van der Waals surface area contributed by atoms with Crippen LogP contribution in [0.4, 0.5) is 28.8 Å². The van der Waals surface area contributed by atoms with Crippen LogP contribution in [-0.4, -0.2) is 120 Å². The normalized spacial score (nSPS) is 19.4. The van der Waals surface area contributed by atoms with Gasteiger partial charge in [-0.2, -0.15) is 4.98 Å². The zero-order chi connectivity index (χ0) is 42.3. The van der Waals surface area contributed by atoms with Gasteiger partial charge in [0.2, 0.25) is 17.8 Å². The van der Waals surface area contributed by atoms with Gasteiger partial charge in [0.25, 0.3) is 11.8 Å². The number of imide groups is 2. The fraction of sp³-hybridized carbons (Fsp3) is 0.381. The minimum Gasteiger partial charge on any atom is -0.494 e. The van der Waals surface area contributed by atoms with Crippen LogP contribution in [0.3, 0.4) is 0 Å². The SMILES string of the molecule is COc1cc(N2CCC(N3CCN(Cc4ccc5c(c4Br)C(=O)N(C4CCC(=O)NC4=O)C5=O)CC3)CC2)ccc1Nc1ncc(Cl)c(Nc2ccccc2P(C)(C)=O)n1. The first-order valence-corrected chi connectivity index (χ1v) is 23.7. The van der Waals surface area contributed by atoms with Gasteiger partial charge in [0, 0.05) is 79.8 Å². The van der Waals surface area contributed by atoms with Crippen LogP contribution in [0, 0.1) is 0 Å². The molecule has 1 unspecified atom stereocenters. The van der Waals surface area contributed by atoms with Crippen LogP contribution in [0.15, 0.2) is 65.3 Å². The second-order valence-corrected chi connectivity index (χ2v) is 20.2. The van der Waals surface area contributed by atoms with E-state index in [4.69, 9.17) is 16.3 Å². The van der Waals surface area contributed by atoms with E-state index in [1.807, 2.05) is 42.5 Å². The Balaban J connectivity index is 0.844. The summed E-state index contributed by atoms with van der Waals surface area (Å²) in [7, 11) is -0.923. The summed E-state index contributed by atoms with van der Waals surface area (Å²) in [6.07, 6.45) is 3.78. The number of carbonyl (C=O) groups excluding carboxylic acids is 4. The van der Waals surface area contributed by atoms with Crippen LogP contribution in [0.1, 0.15) is 52.0 Å². The molecule has 18 heteroatoms. The Labute approximate surface area is 361 Å². The standard InChI is InChI=1S/C42H46BrClN9O6P/c1-59-33-22-27(9-11-30(33)47-42-45-23-29(44)38(49-42)46-31-6-4-5-7-34(31)60(2,3)58)51-16-14-26(15-17-51)52-20-18-50(19-21-52)24-25-8-10-28-36(37(25)43)41(57)53(40(28)56)32-12-13-35(54)48-39(32)55/h4-11,22-23,26,32H,12-21,24H2,1-3H3,(H,48,54,55)(H2,45,46,47,49). The van der Waals surface area contributed by atoms with E-state index in [1.165, 1.54) is 6.20 Å². The Hall–Kier alpha value is -4.86. The third kappa shape index (κ3) is 8.53. The van der Waals surface area contributed by atoms with E-state index in [9.17, 15) is 23.7 Å². The topological polar surface area (TPSA) is 169 Å². The average molecular weight is 919 g/mol. The number of methoxy groups -OCH3 is 1. The van der Waals surface area contributed by atoms with Crippen molar-refractivity contribution in [3.63, 3.8) is 0 Å². The lowest BCUT2D eigenvalue weighted by molar-refractivity contribution is -0.136. The third-order valence-electron chi connectivity index (χ3n) is 11.7. The highest BCUT2D eigenvalue weighted by atomic mass is 79.9. The third-order valence-corrected chi connectivity index (χ3v) is 14.4. The van der Waals surface area contributed by atoms with E-state index < -0.39 is 36.8 Å². The maximum absolute atomic E-state index is 13.5. The molecule has 3 N–H and O–H groups in total. The highest BCUT2D eigenvalue weighted by molar-refractivity contribution is 9.10. The summed E-state index contributed by atoms with van der Waals surface area (Å²) in [6.45, 7) is 9.47. The van der Waals surface area contributed by atoms with Crippen molar-refractivity contribution in [1.29, 1.82) is 0 Å². The zero-order valence-electron chi connectivity index (χ0n) is 33.5. The van der Waals surface area contributed by atoms with Gasteiger partial charge in [-0.15, -0.1) is 0 Å². The van der Waals surface area contributed by atoms with Crippen molar-refractivity contribution in [3.8, 4) is 5.75 Å². The molecule has 4 aliphatic rings. The first-order chi connectivity index (χ1) is 28.8. The lowest BCUT2D eigenvalue weighted by atomic mass is 10.0. The maximum atomic E-state index is 13.5. The molecular weight excluding hydrogens is 873 g/mol. The predicted octanol–water partition coefficient (Wildman–Crippen LogP) is 5.82. The molecule has 60 heavy (non-hydrogen) atoms. The van der Waals surface area contributed by atoms with Crippen LogP contribution >= 0.6 is 34.7 Å². The number of aromatic nitrogens is 2. The lowest BCUT2D eigenvalue weighted by Gasteiger charge is -2.43. The molecule has 0 aliphatic carbocycles. The van der Waals surface area contributed by atoms with E-state index in [2.05, 4.69) is 62.6 Å². The second kappa shape index (κ2) is 17.3. The van der Waals surface area contributed by atoms with Crippen molar-refractivity contribution < 1.29 is 28.5 Å². The number of piperidine rings is 2. The molecule has 0 bridgehead atoms. The number of para-hydroxylation sites is 1. The van der Waals surface area contributed by atoms with E-state index in [1.54, 1.807) is 26.5 Å². The molecule has 4 aliphatic heterocycles. The molecule has 1 aromatic heterocycles. The maximum Gasteiger partial charge on any atom is 0.263 e. The second-order valence-electron chi connectivity index (χ2n) is 15.8. The number of carbonyl (C=O) groups is 4. The molecule has 0 radical (unpaired) electrons. The molecule has 0 saturated carbocycles. The number of nitrogens with zero attached hydrogens (tertiary/aromatic N) is 6. The molecule has 3 saturated heterocycles. The Kier molecular flexibility index (Phi) is 12.0. The van der Waals surface area contributed by atoms with Crippen molar-refractivity contribution in [2.24, 2.45) is 0 Å². The summed E-state index contributed by atoms with van der Waals surface area (Å²) in [6, 6.07) is 16.5. The molecule has 3 aromatic carbocycles. The van der Waals surface area contributed by atoms with Crippen LogP contribution in [0.2, 0.25) is 5.02 Å². The van der Waals surface area contributed by atoms with Crippen LogP contribution < -0.4 is 30.9 Å². The number of ether oxygens (including phenoxy) is 1. The number of rotatable bonds is 11. The molecule has 3 fully saturated rings. The van der Waals surface area contributed by atoms with Crippen LogP contribution in [0.5, 0.6) is 5.75 Å². The van der Waals surface area contributed by atoms with Gasteiger partial charge in [-0.1, -0.05) is 29.8 Å². The number of nitrogens with one attached hydrogen (secondary N) is 3. The number of fused-ring (bicyclic) bond motifs is 1. The van der Waals surface area contributed by atoms with Gasteiger partial charge in [-0.3, -0.25) is 39.2 Å². The first kappa shape index (κ1) is 41.9. The molecule has 0 spiro atoms. The van der Waals surface area contributed by atoms with E-state index in [0.29, 0.717) is 56.3 Å². The summed E-state index contributed by atoms with van der Waals surface area (Å²) in [4.78, 5) is 68.3. The molecule has 4 aromatic rings. The molecule has 5 heterocycles. The molecule has 4 amide bonds. The van der Waals surface area contributed by atoms with Gasteiger partial charge in [0.1, 0.15) is 24.0 Å². The van der Waals surface area contributed by atoms with Gasteiger partial charge >= 0.3 is 0 Å². The predicted molar refractivity (Wildman–Crippen MR) is 235 cm³/mol. The Bertz CT molecular complexity index is 2420. The monoisotopic (exact) mass is 917 g/mol.